The fourth-order valence-corrected chi connectivity index (χ4v) is 1.81. The molecule has 0 atom stereocenters. The quantitative estimate of drug-likeness (QED) is 0.412. The van der Waals surface area contributed by atoms with Gasteiger partial charge in [-0.25, -0.2) is 9.97 Å². The van der Waals surface area contributed by atoms with Gasteiger partial charge in [0.05, 0.1) is 12.2 Å². The van der Waals surface area contributed by atoms with E-state index in [-0.39, 0.29) is 3.91 Å². The Hall–Kier alpha value is -0.720. The van der Waals surface area contributed by atoms with Crippen LogP contribution in [0, 0.1) is 0 Å². The van der Waals surface area contributed by atoms with Crippen molar-refractivity contribution in [3.8, 4) is 0 Å². The molecule has 13 heavy (non-hydrogen) atoms. The highest BCUT2D eigenvalue weighted by Gasteiger charge is 2.19. The predicted octanol–water partition coefficient (Wildman–Crippen LogP) is 1.39. The van der Waals surface area contributed by atoms with Crippen molar-refractivity contribution >= 4 is 26.5 Å². The number of rotatable bonds is 0. The van der Waals surface area contributed by atoms with Crippen LogP contribution in [-0.4, -0.2) is 25.3 Å². The highest BCUT2D eigenvalue weighted by atomic mass is 127. The van der Waals surface area contributed by atoms with Gasteiger partial charge in [-0.1, -0.05) is 0 Å². The second-order valence-electron chi connectivity index (χ2n) is 2.92. The number of fused-ring (bicyclic) bond motifs is 1. The van der Waals surface area contributed by atoms with Gasteiger partial charge in [-0.3, -0.25) is 4.79 Å². The first-order chi connectivity index (χ1) is 6.27. The molecule has 0 N–H and O–H groups in total. The normalized spacial score (nSPS) is 15.3. The number of carbonyl (C=O) groups is 1. The van der Waals surface area contributed by atoms with Crippen molar-refractivity contribution < 1.29 is 4.79 Å². The van der Waals surface area contributed by atoms with Crippen molar-refractivity contribution in [2.24, 2.45) is 0 Å². The number of carbonyl (C=O) groups excluding carboxylic acids is 1. The maximum Gasteiger partial charge on any atom is 0.283 e. The van der Waals surface area contributed by atoms with E-state index in [1.54, 1.807) is 27.5 Å². The molecule has 0 saturated heterocycles. The predicted molar refractivity (Wildman–Crippen MR) is 55.6 cm³/mol. The van der Waals surface area contributed by atoms with E-state index in [0.29, 0.717) is 6.54 Å². The van der Waals surface area contributed by atoms with Crippen LogP contribution in [0.25, 0.3) is 0 Å². The van der Waals surface area contributed by atoms with Crippen LogP contribution in [0.2, 0.25) is 0 Å². The summed E-state index contributed by atoms with van der Waals surface area (Å²) < 4.78 is 0.0851. The molecule has 1 aliphatic rings. The number of aromatic nitrogens is 2. The van der Waals surface area contributed by atoms with Crippen molar-refractivity contribution in [3.05, 3.63) is 23.8 Å². The zero-order chi connectivity index (χ0) is 9.26. The van der Waals surface area contributed by atoms with E-state index in [9.17, 15) is 4.79 Å². The van der Waals surface area contributed by atoms with Crippen molar-refractivity contribution in [2.75, 3.05) is 6.54 Å². The highest BCUT2D eigenvalue weighted by Crippen LogP contribution is 2.16. The first kappa shape index (κ1) is 8.86. The van der Waals surface area contributed by atoms with E-state index >= 15 is 0 Å². The smallest absolute Gasteiger partial charge is 0.283 e. The molecule has 2 heterocycles. The minimum absolute atomic E-state index is 0.0851. The van der Waals surface area contributed by atoms with E-state index in [2.05, 4.69) is 9.97 Å². The summed E-state index contributed by atoms with van der Waals surface area (Å²) in [6.07, 6.45) is 4.22. The molecule has 0 spiro atoms. The lowest BCUT2D eigenvalue weighted by atomic mass is 10.1. The molecule has 2 rings (SSSR count). The molecule has 0 radical (unpaired) electrons. The summed E-state index contributed by atoms with van der Waals surface area (Å²) >= 11 is 1.80. The minimum atomic E-state index is 0.0851. The number of halogens is 1. The molecule has 0 aromatic carbocycles. The monoisotopic (exact) mass is 289 g/mol. The summed E-state index contributed by atoms with van der Waals surface area (Å²) in [5, 5.41) is 0. The van der Waals surface area contributed by atoms with Gasteiger partial charge in [-0.2, -0.15) is 0 Å². The number of nitrogens with zero attached hydrogens (tertiary/aromatic N) is 3. The largest absolute Gasteiger partial charge is 0.328 e. The minimum Gasteiger partial charge on any atom is -0.328 e. The van der Waals surface area contributed by atoms with Crippen LogP contribution < -0.4 is 0 Å². The average Bonchev–Trinajstić information content (AvgIpc) is 2.17. The summed E-state index contributed by atoms with van der Waals surface area (Å²) in [5.74, 6) is 0. The van der Waals surface area contributed by atoms with Gasteiger partial charge in [0.2, 0.25) is 0 Å². The van der Waals surface area contributed by atoms with Gasteiger partial charge in [0.1, 0.15) is 6.33 Å². The molecule has 1 aromatic heterocycles. The van der Waals surface area contributed by atoms with Crippen LogP contribution in [0.5, 0.6) is 0 Å². The van der Waals surface area contributed by atoms with Crippen LogP contribution in [-0.2, 0) is 13.0 Å². The van der Waals surface area contributed by atoms with E-state index < -0.39 is 0 Å². The Morgan fingerprint density at radius 1 is 1.62 bits per heavy atom. The molecular formula is C8H8IN3O. The number of amides is 1. The Balaban J connectivity index is 2.24. The van der Waals surface area contributed by atoms with Crippen molar-refractivity contribution in [1.82, 2.24) is 14.9 Å². The second kappa shape index (κ2) is 3.57. The summed E-state index contributed by atoms with van der Waals surface area (Å²) in [6.45, 7) is 1.40. The van der Waals surface area contributed by atoms with Gasteiger partial charge in [0.25, 0.3) is 3.91 Å². The standard InChI is InChI=1S/C8H8IN3O/c9-8(13)12-2-1-6-3-10-5-11-7(6)4-12/h3,5H,1-2,4H2. The SMILES string of the molecule is O=C(I)N1CCc2cncnc2C1. The highest BCUT2D eigenvalue weighted by molar-refractivity contribution is 14.1. The first-order valence-corrected chi connectivity index (χ1v) is 5.07. The van der Waals surface area contributed by atoms with Crippen molar-refractivity contribution in [1.29, 1.82) is 0 Å². The lowest BCUT2D eigenvalue weighted by Crippen LogP contribution is -2.32. The molecule has 0 saturated carbocycles. The van der Waals surface area contributed by atoms with E-state index in [0.717, 1.165) is 24.2 Å². The Kier molecular flexibility index (Phi) is 2.43. The third-order valence-electron chi connectivity index (χ3n) is 2.12. The van der Waals surface area contributed by atoms with Crippen LogP contribution in [0.15, 0.2) is 12.5 Å². The third kappa shape index (κ3) is 1.79. The maximum atomic E-state index is 11.1. The third-order valence-corrected chi connectivity index (χ3v) is 2.80. The molecule has 1 aromatic rings. The number of hydrogen-bond donors (Lipinski definition) is 0. The summed E-state index contributed by atoms with van der Waals surface area (Å²) in [6, 6.07) is 0. The molecular weight excluding hydrogens is 281 g/mol. The zero-order valence-electron chi connectivity index (χ0n) is 6.90. The lowest BCUT2D eigenvalue weighted by molar-refractivity contribution is 0.220. The van der Waals surface area contributed by atoms with Gasteiger partial charge in [0, 0.05) is 35.3 Å². The number of hydrogen-bond acceptors (Lipinski definition) is 3. The Morgan fingerprint density at radius 3 is 3.23 bits per heavy atom. The molecule has 0 aliphatic carbocycles. The molecule has 4 nitrogen and oxygen atoms in total. The maximum absolute atomic E-state index is 11.1. The molecule has 1 amide bonds. The van der Waals surface area contributed by atoms with Gasteiger partial charge in [0.15, 0.2) is 0 Å². The van der Waals surface area contributed by atoms with Gasteiger partial charge >= 0.3 is 0 Å². The zero-order valence-corrected chi connectivity index (χ0v) is 9.06. The topological polar surface area (TPSA) is 46.1 Å². The van der Waals surface area contributed by atoms with Gasteiger partial charge < -0.3 is 4.90 Å². The van der Waals surface area contributed by atoms with Crippen LogP contribution in [0.1, 0.15) is 11.3 Å². The van der Waals surface area contributed by atoms with Crippen molar-refractivity contribution in [2.45, 2.75) is 13.0 Å². The summed E-state index contributed by atoms with van der Waals surface area (Å²) in [7, 11) is 0. The first-order valence-electron chi connectivity index (χ1n) is 3.99. The van der Waals surface area contributed by atoms with Crippen LogP contribution in [0.3, 0.4) is 0 Å². The van der Waals surface area contributed by atoms with Gasteiger partial charge in [-0.15, -0.1) is 0 Å². The molecule has 1 aliphatic heterocycles. The van der Waals surface area contributed by atoms with Gasteiger partial charge in [-0.05, 0) is 12.0 Å². The fraction of sp³-hybridized carbons (Fsp3) is 0.375. The lowest BCUT2D eigenvalue weighted by Gasteiger charge is -2.25. The molecule has 0 bridgehead atoms. The van der Waals surface area contributed by atoms with E-state index in [1.165, 1.54) is 6.33 Å². The Morgan fingerprint density at radius 2 is 2.46 bits per heavy atom. The average molecular weight is 289 g/mol. The summed E-state index contributed by atoms with van der Waals surface area (Å²) in [5.41, 5.74) is 2.14. The molecule has 0 unspecified atom stereocenters. The van der Waals surface area contributed by atoms with Crippen LogP contribution >= 0.6 is 22.6 Å². The molecule has 68 valence electrons. The second-order valence-corrected chi connectivity index (χ2v) is 3.84. The van der Waals surface area contributed by atoms with E-state index in [4.69, 9.17) is 0 Å². The fourth-order valence-electron chi connectivity index (χ4n) is 1.40. The van der Waals surface area contributed by atoms with Crippen molar-refractivity contribution in [3.63, 3.8) is 0 Å². The summed E-state index contributed by atoms with van der Waals surface area (Å²) in [4.78, 5) is 21.0. The Labute approximate surface area is 89.5 Å². The van der Waals surface area contributed by atoms with Crippen LogP contribution in [0.4, 0.5) is 4.79 Å². The molecule has 0 fully saturated rings. The Bertz CT molecular complexity index is 342. The van der Waals surface area contributed by atoms with E-state index in [1.807, 2.05) is 6.20 Å². The molecule has 5 heteroatoms.